The van der Waals surface area contributed by atoms with E-state index in [1.54, 1.807) is 24.5 Å². The predicted molar refractivity (Wildman–Crippen MR) is 97.0 cm³/mol. The molecule has 3 aromatic heterocycles. The summed E-state index contributed by atoms with van der Waals surface area (Å²) in [6.45, 7) is 0.984. The SMILES string of the molecule is [2H]C([2H])([2H])C([2H])(C)c1cc[n+](C)c(-c2c(C)ccc3c2oc2ncccc23)c1. The fourth-order valence-corrected chi connectivity index (χ4v) is 3.14. The van der Waals surface area contributed by atoms with E-state index in [2.05, 4.69) is 4.98 Å². The zero-order chi connectivity index (χ0) is 20.3. The van der Waals surface area contributed by atoms with Gasteiger partial charge in [0.05, 0.1) is 5.56 Å². The number of aryl methyl sites for hydroxylation is 2. The Morgan fingerprint density at radius 2 is 2.12 bits per heavy atom. The molecule has 0 saturated heterocycles. The van der Waals surface area contributed by atoms with Gasteiger partial charge in [-0.25, -0.2) is 9.55 Å². The van der Waals surface area contributed by atoms with Crippen molar-refractivity contribution in [3.05, 3.63) is 59.9 Å². The van der Waals surface area contributed by atoms with Crippen molar-refractivity contribution in [3.63, 3.8) is 0 Å². The van der Waals surface area contributed by atoms with E-state index in [-0.39, 0.29) is 0 Å². The first kappa shape index (κ1) is 11.0. The first-order chi connectivity index (χ1) is 13.1. The van der Waals surface area contributed by atoms with Crippen LogP contribution in [0, 0.1) is 6.92 Å². The van der Waals surface area contributed by atoms with Crippen molar-refractivity contribution >= 4 is 22.1 Å². The lowest BCUT2D eigenvalue weighted by molar-refractivity contribution is -0.660. The molecular formula is C21H21N2O+. The van der Waals surface area contributed by atoms with E-state index in [9.17, 15) is 0 Å². The third kappa shape index (κ3) is 2.20. The highest BCUT2D eigenvalue weighted by molar-refractivity contribution is 6.08. The van der Waals surface area contributed by atoms with Gasteiger partial charge in [-0.2, -0.15) is 0 Å². The van der Waals surface area contributed by atoms with Crippen molar-refractivity contribution in [2.45, 2.75) is 26.6 Å². The van der Waals surface area contributed by atoms with Gasteiger partial charge >= 0.3 is 0 Å². The van der Waals surface area contributed by atoms with Gasteiger partial charge in [0.2, 0.25) is 11.4 Å². The van der Waals surface area contributed by atoms with Crippen molar-refractivity contribution < 1.29 is 14.5 Å². The van der Waals surface area contributed by atoms with Gasteiger partial charge in [-0.1, -0.05) is 25.9 Å². The third-order valence-corrected chi connectivity index (χ3v) is 4.47. The molecular weight excluding hydrogens is 296 g/mol. The third-order valence-electron chi connectivity index (χ3n) is 4.47. The Morgan fingerprint density at radius 3 is 2.96 bits per heavy atom. The minimum absolute atomic E-state index is 0.436. The van der Waals surface area contributed by atoms with Crippen LogP contribution in [0.1, 0.15) is 36.3 Å². The lowest BCUT2D eigenvalue weighted by Crippen LogP contribution is -2.31. The number of aromatic nitrogens is 2. The normalized spacial score (nSPS) is 17.1. The molecule has 0 bridgehead atoms. The molecule has 1 atom stereocenters. The van der Waals surface area contributed by atoms with Crippen LogP contribution in [0.5, 0.6) is 0 Å². The first-order valence-electron chi connectivity index (χ1n) is 9.88. The van der Waals surface area contributed by atoms with Crippen molar-refractivity contribution in [2.24, 2.45) is 7.05 Å². The number of hydrogen-bond acceptors (Lipinski definition) is 2. The van der Waals surface area contributed by atoms with Gasteiger partial charge < -0.3 is 4.42 Å². The largest absolute Gasteiger partial charge is 0.437 e. The summed E-state index contributed by atoms with van der Waals surface area (Å²) in [6.07, 6.45) is 3.49. The van der Waals surface area contributed by atoms with Crippen LogP contribution in [-0.4, -0.2) is 4.98 Å². The molecule has 0 radical (unpaired) electrons. The van der Waals surface area contributed by atoms with E-state index in [0.717, 1.165) is 27.6 Å². The number of pyridine rings is 2. The Labute approximate surface area is 147 Å². The highest BCUT2D eigenvalue weighted by Gasteiger charge is 2.21. The van der Waals surface area contributed by atoms with Crippen LogP contribution in [0.4, 0.5) is 0 Å². The van der Waals surface area contributed by atoms with Crippen molar-refractivity contribution in [2.75, 3.05) is 0 Å². The van der Waals surface area contributed by atoms with Crippen molar-refractivity contribution in [1.82, 2.24) is 4.98 Å². The van der Waals surface area contributed by atoms with Crippen LogP contribution in [0.3, 0.4) is 0 Å². The van der Waals surface area contributed by atoms with Crippen LogP contribution in [0.2, 0.25) is 0 Å². The topological polar surface area (TPSA) is 29.9 Å². The number of hydrogen-bond donors (Lipinski definition) is 0. The fraction of sp³-hybridized carbons (Fsp3) is 0.238. The van der Waals surface area contributed by atoms with E-state index in [1.807, 2.05) is 42.8 Å². The summed E-state index contributed by atoms with van der Waals surface area (Å²) in [5.74, 6) is -1.72. The molecule has 1 aromatic carbocycles. The van der Waals surface area contributed by atoms with Crippen LogP contribution < -0.4 is 4.57 Å². The lowest BCUT2D eigenvalue weighted by Gasteiger charge is -2.09. The van der Waals surface area contributed by atoms with Crippen LogP contribution >= 0.6 is 0 Å². The van der Waals surface area contributed by atoms with Gasteiger partial charge in [0.1, 0.15) is 7.05 Å². The zero-order valence-corrected chi connectivity index (χ0v) is 13.9. The van der Waals surface area contributed by atoms with Gasteiger partial charge in [-0.05, 0) is 36.1 Å². The maximum Gasteiger partial charge on any atom is 0.227 e. The average molecular weight is 321 g/mol. The second kappa shape index (κ2) is 5.45. The van der Waals surface area contributed by atoms with Gasteiger partial charge in [0, 0.05) is 34.6 Å². The minimum atomic E-state index is -2.44. The second-order valence-electron chi connectivity index (χ2n) is 6.13. The molecule has 3 nitrogen and oxygen atoms in total. The zero-order valence-electron chi connectivity index (χ0n) is 17.9. The number of rotatable bonds is 2. The van der Waals surface area contributed by atoms with Crippen molar-refractivity contribution in [1.29, 1.82) is 0 Å². The summed E-state index contributed by atoms with van der Waals surface area (Å²) in [4.78, 5) is 4.32. The summed E-state index contributed by atoms with van der Waals surface area (Å²) in [6, 6.07) is 11.4. The molecule has 0 aliphatic carbocycles. The Hall–Kier alpha value is -2.68. The fourth-order valence-electron chi connectivity index (χ4n) is 3.14. The van der Waals surface area contributed by atoms with Crippen LogP contribution in [0.25, 0.3) is 33.3 Å². The summed E-state index contributed by atoms with van der Waals surface area (Å²) in [5, 5.41) is 1.89. The summed E-state index contributed by atoms with van der Waals surface area (Å²) < 4.78 is 39.7. The van der Waals surface area contributed by atoms with Gasteiger partial charge in [-0.15, -0.1) is 0 Å². The second-order valence-corrected chi connectivity index (χ2v) is 6.13. The molecule has 3 heteroatoms. The molecule has 0 saturated carbocycles. The van der Waals surface area contributed by atoms with Crippen LogP contribution in [-0.2, 0) is 7.05 Å². The van der Waals surface area contributed by atoms with Gasteiger partial charge in [0.25, 0.3) is 0 Å². The first-order valence-corrected chi connectivity index (χ1v) is 7.88. The van der Waals surface area contributed by atoms with E-state index < -0.39 is 12.7 Å². The molecule has 3 heterocycles. The number of furan rings is 1. The quantitative estimate of drug-likeness (QED) is 0.491. The van der Waals surface area contributed by atoms with Gasteiger partial charge in [-0.3, -0.25) is 0 Å². The summed E-state index contributed by atoms with van der Waals surface area (Å²) in [7, 11) is 1.90. The molecule has 1 unspecified atom stereocenters. The molecule has 0 amide bonds. The average Bonchev–Trinajstić information content (AvgIpc) is 3.00. The molecule has 120 valence electrons. The number of benzene rings is 1. The summed E-state index contributed by atoms with van der Waals surface area (Å²) >= 11 is 0. The Morgan fingerprint density at radius 1 is 1.25 bits per heavy atom. The number of fused-ring (bicyclic) bond motifs is 3. The molecule has 0 fully saturated rings. The van der Waals surface area contributed by atoms with E-state index >= 15 is 0 Å². The van der Waals surface area contributed by atoms with E-state index in [1.165, 1.54) is 6.92 Å². The molecule has 0 spiro atoms. The lowest BCUT2D eigenvalue weighted by atomic mass is 9.97. The number of nitrogens with zero attached hydrogens (tertiary/aromatic N) is 2. The molecule has 0 aliphatic rings. The maximum absolute atomic E-state index is 8.45. The highest BCUT2D eigenvalue weighted by atomic mass is 16.3. The van der Waals surface area contributed by atoms with E-state index in [4.69, 9.17) is 9.90 Å². The molecule has 4 aromatic rings. The highest BCUT2D eigenvalue weighted by Crippen LogP contribution is 2.36. The maximum atomic E-state index is 8.45. The Bertz CT molecular complexity index is 1210. The standard InChI is InChI=1S/C21H21N2O/c1-13(2)15-9-11-23(4)18(12-15)19-14(3)7-8-16-17-6-5-10-22-21(17)24-20(16)19/h5-13H,1-4H3/q+1/i1D3,13D. The molecule has 4 rings (SSSR count). The van der Waals surface area contributed by atoms with Crippen molar-refractivity contribution in [3.8, 4) is 11.3 Å². The Kier molecular flexibility index (Phi) is 2.49. The summed E-state index contributed by atoms with van der Waals surface area (Å²) in [5.41, 5.74) is 4.38. The molecule has 0 N–H and O–H groups in total. The van der Waals surface area contributed by atoms with Crippen LogP contribution in [0.15, 0.2) is 53.2 Å². The van der Waals surface area contributed by atoms with Gasteiger partial charge in [0.15, 0.2) is 11.8 Å². The molecule has 0 aliphatic heterocycles. The minimum Gasteiger partial charge on any atom is -0.437 e. The molecule has 24 heavy (non-hydrogen) atoms. The monoisotopic (exact) mass is 321 g/mol. The predicted octanol–water partition coefficient (Wildman–Crippen LogP) is 4.90. The van der Waals surface area contributed by atoms with E-state index in [0.29, 0.717) is 16.9 Å². The smallest absolute Gasteiger partial charge is 0.227 e. The Balaban J connectivity index is 2.03.